The van der Waals surface area contributed by atoms with Gasteiger partial charge in [-0.05, 0) is 11.5 Å². The molecule has 1 aromatic rings. The molecule has 7 heteroatoms. The largest absolute Gasteiger partial charge is 0.406 e. The van der Waals surface area contributed by atoms with Gasteiger partial charge in [-0.3, -0.25) is 9.59 Å². The SMILES string of the molecule is Cn1cc(C(=O)N(CC(C)(C)C)CC(F)(F)F)ccc1=O. The maximum Gasteiger partial charge on any atom is 0.406 e. The van der Waals surface area contributed by atoms with Gasteiger partial charge in [0.2, 0.25) is 5.56 Å². The third-order valence-corrected chi connectivity index (χ3v) is 2.66. The van der Waals surface area contributed by atoms with Gasteiger partial charge in [0.05, 0.1) is 5.56 Å². The maximum absolute atomic E-state index is 12.7. The summed E-state index contributed by atoms with van der Waals surface area (Å²) < 4.78 is 39.1. The van der Waals surface area contributed by atoms with Gasteiger partial charge in [0, 0.05) is 25.9 Å². The average Bonchev–Trinajstić information content (AvgIpc) is 2.27. The highest BCUT2D eigenvalue weighted by atomic mass is 19.4. The standard InChI is InChI=1S/C14H19F3N2O2/c1-13(2,3)8-19(9-14(15,16)17)12(21)10-5-6-11(20)18(4)7-10/h5-7H,8-9H2,1-4H3. The first kappa shape index (κ1) is 17.3. The number of hydrogen-bond donors (Lipinski definition) is 0. The van der Waals surface area contributed by atoms with Crippen LogP contribution in [0.25, 0.3) is 0 Å². The first-order valence-electron chi connectivity index (χ1n) is 6.42. The van der Waals surface area contributed by atoms with Gasteiger partial charge >= 0.3 is 6.18 Å². The fourth-order valence-corrected chi connectivity index (χ4v) is 1.89. The van der Waals surface area contributed by atoms with Crippen molar-refractivity contribution in [2.24, 2.45) is 12.5 Å². The number of nitrogens with zero attached hydrogens (tertiary/aromatic N) is 2. The van der Waals surface area contributed by atoms with E-state index < -0.39 is 24.0 Å². The van der Waals surface area contributed by atoms with E-state index in [4.69, 9.17) is 0 Å². The van der Waals surface area contributed by atoms with E-state index in [9.17, 15) is 22.8 Å². The molecule has 0 saturated heterocycles. The Kier molecular flexibility index (Phi) is 4.86. The van der Waals surface area contributed by atoms with E-state index in [0.29, 0.717) is 0 Å². The molecule has 118 valence electrons. The van der Waals surface area contributed by atoms with Gasteiger partial charge in [-0.25, -0.2) is 0 Å². The summed E-state index contributed by atoms with van der Waals surface area (Å²) in [4.78, 5) is 24.3. The second kappa shape index (κ2) is 5.91. The zero-order valence-corrected chi connectivity index (χ0v) is 12.5. The third-order valence-electron chi connectivity index (χ3n) is 2.66. The highest BCUT2D eigenvalue weighted by molar-refractivity contribution is 5.94. The molecule has 1 rings (SSSR count). The normalized spacial score (nSPS) is 12.3. The van der Waals surface area contributed by atoms with Crippen LogP contribution in [0.2, 0.25) is 0 Å². The number of aromatic nitrogens is 1. The molecule has 0 aliphatic rings. The van der Waals surface area contributed by atoms with Gasteiger partial charge in [0.15, 0.2) is 0 Å². The molecule has 1 amide bonds. The Bertz CT molecular complexity index is 555. The lowest BCUT2D eigenvalue weighted by molar-refractivity contribution is -0.142. The second-order valence-corrected chi connectivity index (χ2v) is 6.20. The number of carbonyl (C=O) groups is 1. The Balaban J connectivity index is 3.09. The summed E-state index contributed by atoms with van der Waals surface area (Å²) in [6.07, 6.45) is -3.22. The fourth-order valence-electron chi connectivity index (χ4n) is 1.89. The van der Waals surface area contributed by atoms with Crippen molar-refractivity contribution < 1.29 is 18.0 Å². The lowest BCUT2D eigenvalue weighted by atomic mass is 9.95. The van der Waals surface area contributed by atoms with E-state index in [0.717, 1.165) is 15.5 Å². The van der Waals surface area contributed by atoms with Crippen LogP contribution in [0.15, 0.2) is 23.1 Å². The number of halogens is 3. The van der Waals surface area contributed by atoms with Crippen LogP contribution in [0.5, 0.6) is 0 Å². The molecule has 0 radical (unpaired) electrons. The molecule has 0 saturated carbocycles. The summed E-state index contributed by atoms with van der Waals surface area (Å²) >= 11 is 0. The van der Waals surface area contributed by atoms with Crippen molar-refractivity contribution in [2.45, 2.75) is 26.9 Å². The Morgan fingerprint density at radius 3 is 2.19 bits per heavy atom. The molecule has 1 heterocycles. The van der Waals surface area contributed by atoms with Crippen molar-refractivity contribution >= 4 is 5.91 Å². The number of rotatable bonds is 3. The second-order valence-electron chi connectivity index (χ2n) is 6.20. The van der Waals surface area contributed by atoms with Crippen LogP contribution in [0.4, 0.5) is 13.2 Å². The quantitative estimate of drug-likeness (QED) is 0.861. The maximum atomic E-state index is 12.7. The Hall–Kier alpha value is -1.79. The number of pyridine rings is 1. The van der Waals surface area contributed by atoms with Crippen molar-refractivity contribution in [1.29, 1.82) is 0 Å². The van der Waals surface area contributed by atoms with Crippen LogP contribution < -0.4 is 5.56 Å². The Labute approximate surface area is 121 Å². The van der Waals surface area contributed by atoms with Crippen LogP contribution >= 0.6 is 0 Å². The third kappa shape index (κ3) is 5.61. The molecule has 0 fully saturated rings. The van der Waals surface area contributed by atoms with E-state index in [1.54, 1.807) is 20.8 Å². The summed E-state index contributed by atoms with van der Waals surface area (Å²) in [5.41, 5.74) is -0.739. The summed E-state index contributed by atoms with van der Waals surface area (Å²) in [6.45, 7) is 3.92. The number of aryl methyl sites for hydroxylation is 1. The van der Waals surface area contributed by atoms with E-state index in [2.05, 4.69) is 0 Å². The lowest BCUT2D eigenvalue weighted by Gasteiger charge is -2.30. The molecule has 21 heavy (non-hydrogen) atoms. The molecule has 0 aromatic carbocycles. The number of hydrogen-bond acceptors (Lipinski definition) is 2. The number of alkyl halides is 3. The Morgan fingerprint density at radius 2 is 1.76 bits per heavy atom. The molecule has 0 N–H and O–H groups in total. The Morgan fingerprint density at radius 1 is 1.19 bits per heavy atom. The fraction of sp³-hybridized carbons (Fsp3) is 0.571. The van der Waals surface area contributed by atoms with Gasteiger partial charge in [-0.2, -0.15) is 13.2 Å². The molecule has 0 aliphatic heterocycles. The van der Waals surface area contributed by atoms with Crippen LogP contribution in [0, 0.1) is 5.41 Å². The van der Waals surface area contributed by atoms with Gasteiger partial charge < -0.3 is 9.47 Å². The predicted molar refractivity (Wildman–Crippen MR) is 73.1 cm³/mol. The smallest absolute Gasteiger partial charge is 0.329 e. The lowest BCUT2D eigenvalue weighted by Crippen LogP contribution is -2.43. The van der Waals surface area contributed by atoms with E-state index in [1.807, 2.05) is 0 Å². The number of amides is 1. The van der Waals surface area contributed by atoms with Crippen molar-refractivity contribution in [2.75, 3.05) is 13.1 Å². The van der Waals surface area contributed by atoms with Crippen molar-refractivity contribution in [3.63, 3.8) is 0 Å². The summed E-state index contributed by atoms with van der Waals surface area (Å²) in [7, 11) is 1.44. The molecule has 0 aliphatic carbocycles. The summed E-state index contributed by atoms with van der Waals surface area (Å²) in [5, 5.41) is 0. The molecular formula is C14H19F3N2O2. The monoisotopic (exact) mass is 304 g/mol. The van der Waals surface area contributed by atoms with Gasteiger partial charge in [-0.1, -0.05) is 20.8 Å². The molecule has 0 bridgehead atoms. The first-order chi connectivity index (χ1) is 9.39. The van der Waals surface area contributed by atoms with Gasteiger partial charge in [0.25, 0.3) is 5.91 Å². The molecular weight excluding hydrogens is 285 g/mol. The zero-order chi connectivity index (χ0) is 16.4. The highest BCUT2D eigenvalue weighted by Gasteiger charge is 2.35. The summed E-state index contributed by atoms with van der Waals surface area (Å²) in [5.74, 6) is -0.738. The van der Waals surface area contributed by atoms with Gasteiger partial charge in [-0.15, -0.1) is 0 Å². The van der Waals surface area contributed by atoms with Crippen molar-refractivity contribution in [1.82, 2.24) is 9.47 Å². The van der Waals surface area contributed by atoms with Crippen molar-refractivity contribution in [3.05, 3.63) is 34.2 Å². The first-order valence-corrected chi connectivity index (χ1v) is 6.42. The average molecular weight is 304 g/mol. The minimum absolute atomic E-state index is 0.0335. The van der Waals surface area contributed by atoms with Crippen molar-refractivity contribution in [3.8, 4) is 0 Å². The molecule has 0 unspecified atom stereocenters. The molecule has 4 nitrogen and oxygen atoms in total. The molecule has 0 atom stereocenters. The minimum Gasteiger partial charge on any atom is -0.329 e. The van der Waals surface area contributed by atoms with Gasteiger partial charge in [0.1, 0.15) is 6.54 Å². The van der Waals surface area contributed by atoms with Crippen LogP contribution in [0.1, 0.15) is 31.1 Å². The molecule has 1 aromatic heterocycles. The summed E-state index contributed by atoms with van der Waals surface area (Å²) in [6, 6.07) is 2.41. The molecule has 0 spiro atoms. The van der Waals surface area contributed by atoms with E-state index >= 15 is 0 Å². The van der Waals surface area contributed by atoms with Crippen LogP contribution in [0.3, 0.4) is 0 Å². The highest BCUT2D eigenvalue weighted by Crippen LogP contribution is 2.22. The van der Waals surface area contributed by atoms with Crippen LogP contribution in [-0.4, -0.2) is 34.6 Å². The zero-order valence-electron chi connectivity index (χ0n) is 12.5. The predicted octanol–water partition coefficient (Wildman–Crippen LogP) is 2.44. The van der Waals surface area contributed by atoms with E-state index in [1.165, 1.54) is 19.3 Å². The minimum atomic E-state index is -4.47. The van der Waals surface area contributed by atoms with E-state index in [-0.39, 0.29) is 17.7 Å². The topological polar surface area (TPSA) is 42.3 Å². The number of carbonyl (C=O) groups excluding carboxylic acids is 1. The van der Waals surface area contributed by atoms with Crippen LogP contribution in [-0.2, 0) is 7.05 Å².